The minimum atomic E-state index is -0.142. The Balaban J connectivity index is 1.68. The van der Waals surface area contributed by atoms with E-state index >= 15 is 0 Å². The molecule has 1 aromatic heterocycles. The van der Waals surface area contributed by atoms with Crippen LogP contribution in [-0.2, 0) is 0 Å². The van der Waals surface area contributed by atoms with Crippen LogP contribution in [0.25, 0.3) is 11.0 Å². The Kier molecular flexibility index (Phi) is 4.90. The number of hydrogen-bond donors (Lipinski definition) is 0. The highest BCUT2D eigenvalue weighted by Gasteiger charge is 2.21. The largest absolute Gasteiger partial charge is 0.492 e. The SMILES string of the molecule is Cc1c(C(=O)N(C)CCOc2ccccc2)oc2ccc(Br)cc12. The summed E-state index contributed by atoms with van der Waals surface area (Å²) in [5, 5.41) is 0.946. The van der Waals surface area contributed by atoms with Crippen LogP contribution in [0.4, 0.5) is 0 Å². The number of likely N-dealkylation sites (N-methyl/N-ethyl adjacent to an activating group) is 1. The van der Waals surface area contributed by atoms with Crippen LogP contribution in [0.2, 0.25) is 0 Å². The highest BCUT2D eigenvalue weighted by atomic mass is 79.9. The number of halogens is 1. The van der Waals surface area contributed by atoms with Crippen LogP contribution in [0, 0.1) is 6.92 Å². The van der Waals surface area contributed by atoms with Crippen LogP contribution in [-0.4, -0.2) is 31.0 Å². The first-order valence-corrected chi connectivity index (χ1v) is 8.47. The minimum Gasteiger partial charge on any atom is -0.492 e. The molecule has 124 valence electrons. The minimum absolute atomic E-state index is 0.142. The van der Waals surface area contributed by atoms with Gasteiger partial charge in [0.15, 0.2) is 5.76 Å². The Hall–Kier alpha value is -2.27. The molecule has 0 atom stereocenters. The van der Waals surface area contributed by atoms with Gasteiger partial charge < -0.3 is 14.1 Å². The van der Waals surface area contributed by atoms with Crippen LogP contribution >= 0.6 is 15.9 Å². The number of amides is 1. The zero-order chi connectivity index (χ0) is 17.1. The van der Waals surface area contributed by atoms with Gasteiger partial charge in [-0.15, -0.1) is 0 Å². The Morgan fingerprint density at radius 2 is 1.96 bits per heavy atom. The lowest BCUT2D eigenvalue weighted by atomic mass is 10.1. The molecule has 0 aliphatic rings. The quantitative estimate of drug-likeness (QED) is 0.639. The second-order valence-corrected chi connectivity index (χ2v) is 6.50. The predicted molar refractivity (Wildman–Crippen MR) is 97.5 cm³/mol. The summed E-state index contributed by atoms with van der Waals surface area (Å²) in [7, 11) is 1.75. The van der Waals surface area contributed by atoms with Gasteiger partial charge in [-0.05, 0) is 37.3 Å². The monoisotopic (exact) mass is 387 g/mol. The molecule has 0 unspecified atom stereocenters. The lowest BCUT2D eigenvalue weighted by Gasteiger charge is -2.16. The first-order chi connectivity index (χ1) is 11.6. The van der Waals surface area contributed by atoms with Gasteiger partial charge >= 0.3 is 0 Å². The van der Waals surface area contributed by atoms with Crippen LogP contribution in [0.5, 0.6) is 5.75 Å². The van der Waals surface area contributed by atoms with Crippen molar-refractivity contribution in [2.75, 3.05) is 20.2 Å². The van der Waals surface area contributed by atoms with Gasteiger partial charge in [0.05, 0.1) is 6.54 Å². The zero-order valence-corrected chi connectivity index (χ0v) is 15.2. The molecule has 4 nitrogen and oxygen atoms in total. The topological polar surface area (TPSA) is 42.7 Å². The van der Waals surface area contributed by atoms with E-state index in [4.69, 9.17) is 9.15 Å². The number of ether oxygens (including phenoxy) is 1. The molecule has 0 aliphatic carbocycles. The number of para-hydroxylation sites is 1. The molecule has 0 aliphatic heterocycles. The van der Waals surface area contributed by atoms with Gasteiger partial charge in [0.2, 0.25) is 0 Å². The summed E-state index contributed by atoms with van der Waals surface area (Å²) in [6.07, 6.45) is 0. The van der Waals surface area contributed by atoms with Crippen molar-refractivity contribution < 1.29 is 13.9 Å². The van der Waals surface area contributed by atoms with Gasteiger partial charge in [0.25, 0.3) is 5.91 Å². The molecular formula is C19H18BrNO3. The molecule has 0 radical (unpaired) electrons. The van der Waals surface area contributed by atoms with Crippen LogP contribution in [0.15, 0.2) is 57.4 Å². The number of rotatable bonds is 5. The zero-order valence-electron chi connectivity index (χ0n) is 13.6. The van der Waals surface area contributed by atoms with Crippen LogP contribution < -0.4 is 4.74 Å². The van der Waals surface area contributed by atoms with Crippen molar-refractivity contribution in [1.82, 2.24) is 4.90 Å². The molecule has 0 fully saturated rings. The van der Waals surface area contributed by atoms with Gasteiger partial charge in [0, 0.05) is 22.5 Å². The molecule has 0 saturated carbocycles. The molecule has 1 heterocycles. The van der Waals surface area contributed by atoms with Gasteiger partial charge in [-0.1, -0.05) is 34.1 Å². The third-order valence-electron chi connectivity index (χ3n) is 3.88. The molecule has 0 N–H and O–H groups in total. The van der Waals surface area contributed by atoms with E-state index in [1.54, 1.807) is 11.9 Å². The summed E-state index contributed by atoms with van der Waals surface area (Å²) in [5.41, 5.74) is 1.57. The molecule has 0 saturated heterocycles. The Bertz CT molecular complexity index is 858. The number of carbonyl (C=O) groups excluding carboxylic acids is 1. The fourth-order valence-corrected chi connectivity index (χ4v) is 2.85. The van der Waals surface area contributed by atoms with Crippen molar-refractivity contribution >= 4 is 32.8 Å². The second kappa shape index (κ2) is 7.09. The standard InChI is InChI=1S/C19H18BrNO3/c1-13-16-12-14(20)8-9-17(16)24-18(13)19(22)21(2)10-11-23-15-6-4-3-5-7-15/h3-9,12H,10-11H2,1-2H3. The van der Waals surface area contributed by atoms with Crippen LogP contribution in [0.3, 0.4) is 0 Å². The lowest BCUT2D eigenvalue weighted by molar-refractivity contribution is 0.0744. The number of aryl methyl sites for hydroxylation is 1. The lowest BCUT2D eigenvalue weighted by Crippen LogP contribution is -2.31. The Morgan fingerprint density at radius 1 is 1.21 bits per heavy atom. The predicted octanol–water partition coefficient (Wildman–Crippen LogP) is 4.65. The molecule has 1 amide bonds. The third-order valence-corrected chi connectivity index (χ3v) is 4.37. The summed E-state index contributed by atoms with van der Waals surface area (Å²) in [6, 6.07) is 15.3. The van der Waals surface area contributed by atoms with Gasteiger partial charge in [0.1, 0.15) is 17.9 Å². The molecule has 24 heavy (non-hydrogen) atoms. The number of carbonyl (C=O) groups is 1. The molecule has 2 aromatic carbocycles. The number of nitrogens with zero attached hydrogens (tertiary/aromatic N) is 1. The fraction of sp³-hybridized carbons (Fsp3) is 0.211. The maximum absolute atomic E-state index is 12.6. The average molecular weight is 388 g/mol. The summed E-state index contributed by atoms with van der Waals surface area (Å²) in [6.45, 7) is 2.81. The second-order valence-electron chi connectivity index (χ2n) is 5.58. The van der Waals surface area contributed by atoms with E-state index in [2.05, 4.69) is 15.9 Å². The van der Waals surface area contributed by atoms with Crippen molar-refractivity contribution in [2.45, 2.75) is 6.92 Å². The number of benzene rings is 2. The van der Waals surface area contributed by atoms with E-state index in [9.17, 15) is 4.79 Å². The molecule has 3 aromatic rings. The Morgan fingerprint density at radius 3 is 2.71 bits per heavy atom. The summed E-state index contributed by atoms with van der Waals surface area (Å²) in [5.74, 6) is 1.03. The fourth-order valence-electron chi connectivity index (χ4n) is 2.49. The first kappa shape index (κ1) is 16.6. The van der Waals surface area contributed by atoms with E-state index in [0.717, 1.165) is 21.2 Å². The van der Waals surface area contributed by atoms with Crippen molar-refractivity contribution in [3.63, 3.8) is 0 Å². The van der Waals surface area contributed by atoms with Crippen molar-refractivity contribution in [3.8, 4) is 5.75 Å². The Labute approximate surface area is 149 Å². The molecule has 5 heteroatoms. The van der Waals surface area contributed by atoms with E-state index in [1.165, 1.54) is 0 Å². The van der Waals surface area contributed by atoms with E-state index < -0.39 is 0 Å². The van der Waals surface area contributed by atoms with E-state index in [-0.39, 0.29) is 5.91 Å². The van der Waals surface area contributed by atoms with Gasteiger partial charge in [-0.3, -0.25) is 4.79 Å². The van der Waals surface area contributed by atoms with E-state index in [0.29, 0.717) is 24.5 Å². The highest BCUT2D eigenvalue weighted by molar-refractivity contribution is 9.10. The van der Waals surface area contributed by atoms with Crippen molar-refractivity contribution in [2.24, 2.45) is 0 Å². The van der Waals surface area contributed by atoms with Crippen molar-refractivity contribution in [1.29, 1.82) is 0 Å². The summed E-state index contributed by atoms with van der Waals surface area (Å²) < 4.78 is 12.3. The highest BCUT2D eigenvalue weighted by Crippen LogP contribution is 2.28. The third kappa shape index (κ3) is 3.46. The van der Waals surface area contributed by atoms with Gasteiger partial charge in [-0.25, -0.2) is 0 Å². The number of fused-ring (bicyclic) bond motifs is 1. The average Bonchev–Trinajstić information content (AvgIpc) is 2.91. The maximum atomic E-state index is 12.6. The van der Waals surface area contributed by atoms with E-state index in [1.807, 2.05) is 55.5 Å². The summed E-state index contributed by atoms with van der Waals surface area (Å²) in [4.78, 5) is 14.2. The molecular weight excluding hydrogens is 370 g/mol. The number of furan rings is 1. The molecule has 0 bridgehead atoms. The molecule has 0 spiro atoms. The summed E-state index contributed by atoms with van der Waals surface area (Å²) >= 11 is 3.44. The van der Waals surface area contributed by atoms with Crippen molar-refractivity contribution in [3.05, 3.63) is 64.3 Å². The number of hydrogen-bond acceptors (Lipinski definition) is 3. The molecule has 3 rings (SSSR count). The smallest absolute Gasteiger partial charge is 0.289 e. The van der Waals surface area contributed by atoms with Crippen LogP contribution in [0.1, 0.15) is 16.1 Å². The normalized spacial score (nSPS) is 10.8. The maximum Gasteiger partial charge on any atom is 0.289 e. The van der Waals surface area contributed by atoms with Gasteiger partial charge in [-0.2, -0.15) is 0 Å². The first-order valence-electron chi connectivity index (χ1n) is 7.68.